The van der Waals surface area contributed by atoms with E-state index >= 15 is 0 Å². The van der Waals surface area contributed by atoms with Gasteiger partial charge in [0.15, 0.2) is 11.6 Å². The largest absolute Gasteiger partial charge is 0.496 e. The van der Waals surface area contributed by atoms with E-state index in [1.807, 2.05) is 34.0 Å². The number of fused-ring (bicyclic) bond motifs is 2. The van der Waals surface area contributed by atoms with Crippen LogP contribution in [0, 0.1) is 0 Å². The van der Waals surface area contributed by atoms with Gasteiger partial charge in [0, 0.05) is 56.8 Å². The molecule has 0 spiro atoms. The number of Topliss-reactive ketones (excluding diaryl/α,β-unsaturated/α-hetero) is 1. The lowest BCUT2D eigenvalue weighted by Crippen LogP contribution is -2.38. The molecule has 1 saturated carbocycles. The van der Waals surface area contributed by atoms with E-state index in [0.717, 1.165) is 30.7 Å². The van der Waals surface area contributed by atoms with Crippen LogP contribution in [0.15, 0.2) is 40.2 Å². The fraction of sp³-hybridized carbons (Fsp3) is 0.625. The molecule has 0 saturated heterocycles. The van der Waals surface area contributed by atoms with E-state index in [-0.39, 0.29) is 11.7 Å². The van der Waals surface area contributed by atoms with Gasteiger partial charge < -0.3 is 19.4 Å². The molecule has 3 aliphatic heterocycles. The molecule has 0 aromatic rings. The van der Waals surface area contributed by atoms with Crippen LogP contribution in [-0.2, 0) is 14.3 Å². The van der Waals surface area contributed by atoms with Crippen molar-refractivity contribution in [1.82, 2.24) is 14.7 Å². The Kier molecular flexibility index (Phi) is 7.55. The van der Waals surface area contributed by atoms with Gasteiger partial charge in [-0.05, 0) is 25.7 Å². The van der Waals surface area contributed by atoms with Crippen LogP contribution in [0.1, 0.15) is 57.8 Å². The Morgan fingerprint density at radius 2 is 2.09 bits per heavy atom. The first-order valence-electron chi connectivity index (χ1n) is 11.8. The molecule has 0 radical (unpaired) electrons. The highest BCUT2D eigenvalue weighted by Crippen LogP contribution is 2.35. The third-order valence-corrected chi connectivity index (χ3v) is 6.87. The topological polar surface area (TPSA) is 65.5 Å². The minimum atomic E-state index is 0.0786. The van der Waals surface area contributed by atoms with Crippen molar-refractivity contribution in [2.75, 3.05) is 32.6 Å². The zero-order valence-electron chi connectivity index (χ0n) is 18.9. The Morgan fingerprint density at radius 1 is 1.28 bits per heavy atom. The molecule has 0 atom stereocenters. The van der Waals surface area contributed by atoms with Gasteiger partial charge in [0.05, 0.1) is 18.8 Å². The van der Waals surface area contributed by atoms with Crippen LogP contribution >= 0.6 is 11.6 Å². The van der Waals surface area contributed by atoms with Crippen LogP contribution in [0.4, 0.5) is 0 Å². The van der Waals surface area contributed by atoms with Crippen molar-refractivity contribution in [2.24, 2.45) is 4.99 Å². The number of amides is 1. The second-order valence-electron chi connectivity index (χ2n) is 8.85. The maximum Gasteiger partial charge on any atom is 0.222 e. The van der Waals surface area contributed by atoms with Gasteiger partial charge in [-0.25, -0.2) is 4.99 Å². The SMILES string of the molecule is CN(C(=O)CCCOC1=CC2=CN(CCCCl)C3=C(N=CCC3=O)N2C1)C1CCCCC1. The maximum absolute atomic E-state index is 12.6. The summed E-state index contributed by atoms with van der Waals surface area (Å²) < 4.78 is 6.00. The lowest BCUT2D eigenvalue weighted by molar-refractivity contribution is -0.132. The molecule has 3 heterocycles. The molecule has 1 fully saturated rings. The van der Waals surface area contributed by atoms with Crippen molar-refractivity contribution in [1.29, 1.82) is 0 Å². The Balaban J connectivity index is 1.30. The molecule has 1 aliphatic carbocycles. The van der Waals surface area contributed by atoms with Crippen LogP contribution in [0.2, 0.25) is 0 Å². The fourth-order valence-electron chi connectivity index (χ4n) is 4.82. The summed E-state index contributed by atoms with van der Waals surface area (Å²) in [6.07, 6.45) is 14.0. The quantitative estimate of drug-likeness (QED) is 0.387. The monoisotopic (exact) mass is 460 g/mol. The van der Waals surface area contributed by atoms with E-state index in [1.165, 1.54) is 19.3 Å². The summed E-state index contributed by atoms with van der Waals surface area (Å²) in [7, 11) is 1.94. The first-order valence-corrected chi connectivity index (χ1v) is 12.3. The number of ketones is 1. The van der Waals surface area contributed by atoms with E-state index < -0.39 is 0 Å². The van der Waals surface area contributed by atoms with Crippen LogP contribution in [0.3, 0.4) is 0 Å². The van der Waals surface area contributed by atoms with Gasteiger partial charge in [-0.2, -0.15) is 0 Å². The van der Waals surface area contributed by atoms with Crippen molar-refractivity contribution in [3.8, 4) is 0 Å². The second-order valence-corrected chi connectivity index (χ2v) is 9.22. The molecule has 32 heavy (non-hydrogen) atoms. The molecule has 0 N–H and O–H groups in total. The zero-order valence-corrected chi connectivity index (χ0v) is 19.6. The van der Waals surface area contributed by atoms with E-state index in [4.69, 9.17) is 16.3 Å². The van der Waals surface area contributed by atoms with Crippen molar-refractivity contribution in [2.45, 2.75) is 63.8 Å². The molecule has 1 amide bonds. The molecule has 4 rings (SSSR count). The summed E-state index contributed by atoms with van der Waals surface area (Å²) in [5.74, 6) is 2.36. The highest BCUT2D eigenvalue weighted by atomic mass is 35.5. The Hall–Kier alpha value is -2.28. The van der Waals surface area contributed by atoms with Crippen molar-refractivity contribution in [3.63, 3.8) is 0 Å². The number of carbonyl (C=O) groups excluding carboxylic acids is 2. The van der Waals surface area contributed by atoms with Gasteiger partial charge in [-0.3, -0.25) is 9.59 Å². The lowest BCUT2D eigenvalue weighted by Gasteiger charge is -2.35. The minimum absolute atomic E-state index is 0.0786. The van der Waals surface area contributed by atoms with Crippen LogP contribution < -0.4 is 0 Å². The minimum Gasteiger partial charge on any atom is -0.496 e. The van der Waals surface area contributed by atoms with Crippen LogP contribution in [0.25, 0.3) is 0 Å². The fourth-order valence-corrected chi connectivity index (χ4v) is 4.94. The third-order valence-electron chi connectivity index (χ3n) is 6.60. The Bertz CT molecular complexity index is 857. The van der Waals surface area contributed by atoms with Gasteiger partial charge in [0.1, 0.15) is 11.5 Å². The highest BCUT2D eigenvalue weighted by molar-refractivity contribution is 6.17. The average Bonchev–Trinajstić information content (AvgIpc) is 3.23. The molecular weight excluding hydrogens is 428 g/mol. The maximum atomic E-state index is 12.6. The number of hydrogen-bond donors (Lipinski definition) is 0. The number of alkyl halides is 1. The molecule has 0 aromatic carbocycles. The summed E-state index contributed by atoms with van der Waals surface area (Å²) in [5, 5.41) is 0. The number of rotatable bonds is 9. The van der Waals surface area contributed by atoms with Crippen molar-refractivity contribution >= 4 is 29.5 Å². The van der Waals surface area contributed by atoms with Gasteiger partial charge in [0.25, 0.3) is 0 Å². The van der Waals surface area contributed by atoms with Gasteiger partial charge in [0.2, 0.25) is 5.91 Å². The molecule has 0 aromatic heterocycles. The van der Waals surface area contributed by atoms with E-state index in [0.29, 0.717) is 62.4 Å². The number of ether oxygens (including phenoxy) is 1. The van der Waals surface area contributed by atoms with Crippen LogP contribution in [-0.4, -0.2) is 71.3 Å². The van der Waals surface area contributed by atoms with Crippen LogP contribution in [0.5, 0.6) is 0 Å². The number of allylic oxidation sites excluding steroid dienone is 2. The molecule has 4 aliphatic rings. The zero-order chi connectivity index (χ0) is 22.5. The standard InChI is InChI=1S/C24H33ClN4O3/c1-27(18-7-3-2-4-8-18)22(31)9-5-14-32-20-15-19-16-28(13-6-11-25)23-21(30)10-12-26-24(23)29(19)17-20/h12,15-16,18H,2-11,13-14,17H2,1H3. The predicted molar refractivity (Wildman–Crippen MR) is 125 cm³/mol. The number of carbonyl (C=O) groups is 2. The predicted octanol–water partition coefficient (Wildman–Crippen LogP) is 3.77. The van der Waals surface area contributed by atoms with Crippen molar-refractivity contribution in [3.05, 3.63) is 35.3 Å². The number of hydrogen-bond acceptors (Lipinski definition) is 6. The van der Waals surface area contributed by atoms with Gasteiger partial charge in [-0.15, -0.1) is 11.6 Å². The molecule has 174 valence electrons. The molecule has 0 unspecified atom stereocenters. The highest BCUT2D eigenvalue weighted by Gasteiger charge is 2.35. The van der Waals surface area contributed by atoms with Gasteiger partial charge >= 0.3 is 0 Å². The summed E-state index contributed by atoms with van der Waals surface area (Å²) in [5.41, 5.74) is 1.61. The summed E-state index contributed by atoms with van der Waals surface area (Å²) in [6, 6.07) is 0.403. The summed E-state index contributed by atoms with van der Waals surface area (Å²) in [6.45, 7) is 1.73. The first-order chi connectivity index (χ1) is 15.6. The van der Waals surface area contributed by atoms with E-state index in [1.54, 1.807) is 6.21 Å². The Labute approximate surface area is 195 Å². The second kappa shape index (κ2) is 10.6. The Morgan fingerprint density at radius 3 is 2.88 bits per heavy atom. The number of nitrogens with zero attached hydrogens (tertiary/aromatic N) is 4. The summed E-state index contributed by atoms with van der Waals surface area (Å²) in [4.78, 5) is 35.5. The van der Waals surface area contributed by atoms with Crippen molar-refractivity contribution < 1.29 is 14.3 Å². The number of aliphatic imine (C=N–C) groups is 1. The van der Waals surface area contributed by atoms with E-state index in [9.17, 15) is 9.59 Å². The average molecular weight is 461 g/mol. The normalized spacial score (nSPS) is 20.8. The van der Waals surface area contributed by atoms with Gasteiger partial charge in [-0.1, -0.05) is 19.3 Å². The molecular formula is C24H33ClN4O3. The van der Waals surface area contributed by atoms with E-state index in [2.05, 4.69) is 4.99 Å². The molecule has 0 bridgehead atoms. The smallest absolute Gasteiger partial charge is 0.222 e. The third kappa shape index (κ3) is 5.03. The lowest BCUT2D eigenvalue weighted by atomic mass is 9.94. The molecule has 8 heteroatoms. The summed E-state index contributed by atoms with van der Waals surface area (Å²) >= 11 is 5.88. The molecule has 7 nitrogen and oxygen atoms in total. The number of halogens is 1. The first kappa shape index (κ1) is 22.9.